The predicted molar refractivity (Wildman–Crippen MR) is 156 cm³/mol. The molecule has 0 bridgehead atoms. The number of rotatable bonds is 12. The van der Waals surface area contributed by atoms with Crippen LogP contribution in [0.1, 0.15) is 10.4 Å². The molecule has 2 heterocycles. The summed E-state index contributed by atoms with van der Waals surface area (Å²) in [5.41, 5.74) is 2.29. The number of carbonyl (C=O) groups excluding carboxylic acids is 2. The van der Waals surface area contributed by atoms with E-state index in [-0.39, 0.29) is 23.9 Å². The van der Waals surface area contributed by atoms with Crippen LogP contribution in [-0.2, 0) is 4.79 Å². The van der Waals surface area contributed by atoms with Crippen LogP contribution in [0.4, 0.5) is 27.4 Å². The molecule has 0 spiro atoms. The Morgan fingerprint density at radius 1 is 1.12 bits per heavy atom. The van der Waals surface area contributed by atoms with Crippen LogP contribution in [0.5, 0.6) is 11.6 Å². The number of nitrogens with zero attached hydrogens (tertiary/aromatic N) is 5. The number of benzene rings is 2. The third-order valence-corrected chi connectivity index (χ3v) is 6.45. The fourth-order valence-corrected chi connectivity index (χ4v) is 4.12. The molecule has 3 aromatic rings. The van der Waals surface area contributed by atoms with Gasteiger partial charge in [-0.3, -0.25) is 9.59 Å². The molecule has 4 rings (SSSR count). The molecule has 0 saturated carbocycles. The summed E-state index contributed by atoms with van der Waals surface area (Å²) in [6, 6.07) is 10.7. The van der Waals surface area contributed by atoms with E-state index in [0.717, 1.165) is 18.8 Å². The van der Waals surface area contributed by atoms with Crippen LogP contribution in [0.15, 0.2) is 61.3 Å². The van der Waals surface area contributed by atoms with Crippen LogP contribution in [0.25, 0.3) is 0 Å². The number of aromatic nitrogens is 2. The third kappa shape index (κ3) is 7.48. The lowest BCUT2D eigenvalue weighted by atomic mass is 10.1. The zero-order valence-corrected chi connectivity index (χ0v) is 23.6. The average molecular weight is 564 g/mol. The minimum Gasteiger partial charge on any atom is -0.494 e. The molecule has 11 nitrogen and oxygen atoms in total. The summed E-state index contributed by atoms with van der Waals surface area (Å²) >= 11 is 0. The van der Waals surface area contributed by atoms with Gasteiger partial charge in [0.2, 0.25) is 17.7 Å². The highest BCUT2D eigenvalue weighted by Crippen LogP contribution is 2.38. The molecule has 216 valence electrons. The van der Waals surface area contributed by atoms with Crippen LogP contribution in [0, 0.1) is 5.82 Å². The minimum atomic E-state index is -0.391. The van der Waals surface area contributed by atoms with Crippen molar-refractivity contribution >= 4 is 34.8 Å². The molecule has 0 unspecified atom stereocenters. The van der Waals surface area contributed by atoms with Crippen molar-refractivity contribution in [3.8, 4) is 11.6 Å². The molecular weight excluding hydrogens is 529 g/mol. The van der Waals surface area contributed by atoms with Gasteiger partial charge < -0.3 is 34.8 Å². The van der Waals surface area contributed by atoms with Crippen LogP contribution < -0.4 is 25.0 Å². The smallest absolute Gasteiger partial charge is 0.254 e. The first-order valence-corrected chi connectivity index (χ1v) is 13.0. The highest BCUT2D eigenvalue weighted by atomic mass is 19.1. The van der Waals surface area contributed by atoms with E-state index in [1.165, 1.54) is 30.3 Å². The number of nitrogens with one attached hydrogen (secondary N) is 2. The van der Waals surface area contributed by atoms with Crippen molar-refractivity contribution in [2.75, 3.05) is 70.0 Å². The van der Waals surface area contributed by atoms with Gasteiger partial charge in [0.25, 0.3) is 5.91 Å². The summed E-state index contributed by atoms with van der Waals surface area (Å²) in [6.07, 6.45) is 2.52. The SMILES string of the molecule is C=CC(=O)Nc1cc(Nc2nccc(OC3CN(C(=O)c4ccc(F)cc4)C3)n2)c(OC)cc1N(C)CCN(C)C. The topological polar surface area (TPSA) is 112 Å². The number of amides is 2. The second kappa shape index (κ2) is 13.1. The zero-order chi connectivity index (χ0) is 29.5. The Balaban J connectivity index is 1.46. The van der Waals surface area contributed by atoms with E-state index in [1.54, 1.807) is 30.3 Å². The average Bonchev–Trinajstić information content (AvgIpc) is 2.93. The van der Waals surface area contributed by atoms with Gasteiger partial charge >= 0.3 is 0 Å². The fourth-order valence-electron chi connectivity index (χ4n) is 4.12. The Hall–Kier alpha value is -4.71. The highest BCUT2D eigenvalue weighted by Gasteiger charge is 2.33. The first kappa shape index (κ1) is 29.3. The Labute approximate surface area is 238 Å². The second-order valence-corrected chi connectivity index (χ2v) is 9.79. The standard InChI is InChI=1S/C29H34FN7O4/c1-6-26(38)32-22-15-23(25(40-5)16-24(22)36(4)14-13-35(2)3)33-29-31-12-11-27(34-29)41-21-17-37(18-21)28(39)19-7-9-20(30)10-8-19/h6-12,15-16,21H,1,13-14,17-18H2,2-5H3,(H,32,38)(H,31,33,34). The van der Waals surface area contributed by atoms with Gasteiger partial charge in [-0.2, -0.15) is 4.98 Å². The summed E-state index contributed by atoms with van der Waals surface area (Å²) in [5, 5.41) is 6.01. The normalized spacial score (nSPS) is 12.9. The van der Waals surface area contributed by atoms with Gasteiger partial charge in [-0.05, 0) is 50.5 Å². The number of halogens is 1. The zero-order valence-electron chi connectivity index (χ0n) is 23.6. The van der Waals surface area contributed by atoms with Gasteiger partial charge in [0.1, 0.15) is 17.7 Å². The second-order valence-electron chi connectivity index (χ2n) is 9.79. The van der Waals surface area contributed by atoms with Crippen LogP contribution in [-0.4, -0.2) is 92.1 Å². The van der Waals surface area contributed by atoms with Crippen molar-refractivity contribution in [3.05, 3.63) is 72.7 Å². The van der Waals surface area contributed by atoms with Gasteiger partial charge in [-0.15, -0.1) is 0 Å². The first-order valence-electron chi connectivity index (χ1n) is 13.0. The van der Waals surface area contributed by atoms with E-state index in [9.17, 15) is 14.0 Å². The molecule has 1 aromatic heterocycles. The monoisotopic (exact) mass is 563 g/mol. The number of likely N-dealkylation sites (N-methyl/N-ethyl adjacent to an activating group) is 2. The van der Waals surface area contributed by atoms with E-state index >= 15 is 0 Å². The predicted octanol–water partition coefficient (Wildman–Crippen LogP) is 3.39. The summed E-state index contributed by atoms with van der Waals surface area (Å²) in [6.45, 7) is 5.84. The molecule has 41 heavy (non-hydrogen) atoms. The number of ether oxygens (including phenoxy) is 2. The third-order valence-electron chi connectivity index (χ3n) is 6.45. The number of carbonyl (C=O) groups is 2. The number of anilines is 4. The van der Waals surface area contributed by atoms with Gasteiger partial charge in [0.05, 0.1) is 37.3 Å². The van der Waals surface area contributed by atoms with Gasteiger partial charge in [0, 0.05) is 44.0 Å². The van der Waals surface area contributed by atoms with Gasteiger partial charge in [0.15, 0.2) is 0 Å². The molecule has 0 radical (unpaired) electrons. The summed E-state index contributed by atoms with van der Waals surface area (Å²) in [5.74, 6) is 0.199. The quantitative estimate of drug-likeness (QED) is 0.320. The van der Waals surface area contributed by atoms with Crippen LogP contribution >= 0.6 is 0 Å². The van der Waals surface area contributed by atoms with Crippen molar-refractivity contribution in [2.24, 2.45) is 0 Å². The molecule has 1 aliphatic rings. The molecule has 2 amide bonds. The summed E-state index contributed by atoms with van der Waals surface area (Å²) < 4.78 is 24.8. The summed E-state index contributed by atoms with van der Waals surface area (Å²) in [4.78, 5) is 39.2. The van der Waals surface area contributed by atoms with Crippen LogP contribution in [0.2, 0.25) is 0 Å². The maximum atomic E-state index is 13.2. The molecule has 2 aromatic carbocycles. The van der Waals surface area contributed by atoms with E-state index < -0.39 is 5.82 Å². The minimum absolute atomic E-state index is 0.183. The molecule has 12 heteroatoms. The fraction of sp³-hybridized carbons (Fsp3) is 0.310. The van der Waals surface area contributed by atoms with Crippen molar-refractivity contribution in [2.45, 2.75) is 6.10 Å². The lowest BCUT2D eigenvalue weighted by Crippen LogP contribution is -2.56. The van der Waals surface area contributed by atoms with Gasteiger partial charge in [-0.25, -0.2) is 9.37 Å². The maximum absolute atomic E-state index is 13.2. The molecule has 0 atom stereocenters. The Bertz CT molecular complexity index is 1390. The lowest BCUT2D eigenvalue weighted by Gasteiger charge is -2.38. The number of hydrogen-bond donors (Lipinski definition) is 2. The Morgan fingerprint density at radius 3 is 2.51 bits per heavy atom. The Kier molecular flexibility index (Phi) is 9.35. The molecule has 0 aliphatic carbocycles. The largest absolute Gasteiger partial charge is 0.494 e. The van der Waals surface area contributed by atoms with Gasteiger partial charge in [-0.1, -0.05) is 6.58 Å². The van der Waals surface area contributed by atoms with Crippen molar-refractivity contribution < 1.29 is 23.5 Å². The maximum Gasteiger partial charge on any atom is 0.254 e. The number of methoxy groups -OCH3 is 1. The van der Waals surface area contributed by atoms with Crippen molar-refractivity contribution in [1.82, 2.24) is 19.8 Å². The molecule has 2 N–H and O–H groups in total. The molecule has 1 saturated heterocycles. The highest BCUT2D eigenvalue weighted by molar-refractivity contribution is 6.02. The molecular formula is C29H34FN7O4. The van der Waals surface area contributed by atoms with E-state index in [0.29, 0.717) is 41.7 Å². The van der Waals surface area contributed by atoms with Crippen molar-refractivity contribution in [3.63, 3.8) is 0 Å². The summed E-state index contributed by atoms with van der Waals surface area (Å²) in [7, 11) is 7.48. The molecule has 1 fully saturated rings. The van der Waals surface area contributed by atoms with E-state index in [2.05, 4.69) is 32.1 Å². The lowest BCUT2D eigenvalue weighted by molar-refractivity contribution is -0.111. The number of likely N-dealkylation sites (tertiary alicyclic amines) is 1. The first-order chi connectivity index (χ1) is 19.7. The van der Waals surface area contributed by atoms with E-state index in [4.69, 9.17) is 9.47 Å². The molecule has 1 aliphatic heterocycles. The number of hydrogen-bond acceptors (Lipinski definition) is 9. The van der Waals surface area contributed by atoms with E-state index in [1.807, 2.05) is 32.1 Å². The van der Waals surface area contributed by atoms with Crippen molar-refractivity contribution in [1.29, 1.82) is 0 Å². The van der Waals surface area contributed by atoms with Crippen LogP contribution in [0.3, 0.4) is 0 Å². The Morgan fingerprint density at radius 2 is 1.85 bits per heavy atom.